The zero-order valence-electron chi connectivity index (χ0n) is 17.5. The van der Waals surface area contributed by atoms with Gasteiger partial charge in [-0.15, -0.1) is 0 Å². The van der Waals surface area contributed by atoms with Gasteiger partial charge in [-0.3, -0.25) is 0 Å². The van der Waals surface area contributed by atoms with Gasteiger partial charge in [0.1, 0.15) is 0 Å². The molecule has 0 radical (unpaired) electrons. The molecule has 0 unspecified atom stereocenters. The van der Waals surface area contributed by atoms with Gasteiger partial charge in [0.25, 0.3) is 0 Å². The Hall–Kier alpha value is -1.61. The summed E-state index contributed by atoms with van der Waals surface area (Å²) in [7, 11) is 0. The van der Waals surface area contributed by atoms with E-state index in [0.717, 1.165) is 5.02 Å². The summed E-state index contributed by atoms with van der Waals surface area (Å²) in [5, 5.41) is 0.788. The largest absolute Gasteiger partial charge is 0.303 e. The maximum Gasteiger partial charge on any atom is 0.0412 e. The molecular formula is C26H33ClN2. The predicted molar refractivity (Wildman–Crippen MR) is 125 cm³/mol. The second-order valence-electron chi connectivity index (χ2n) is 8.53. The van der Waals surface area contributed by atoms with Crippen LogP contribution >= 0.6 is 11.6 Å². The molecule has 29 heavy (non-hydrogen) atoms. The van der Waals surface area contributed by atoms with E-state index < -0.39 is 0 Å². The normalized spacial score (nSPS) is 18.7. The molecule has 2 heterocycles. The second kappa shape index (κ2) is 10.4. The van der Waals surface area contributed by atoms with Gasteiger partial charge in [-0.25, -0.2) is 0 Å². The van der Waals surface area contributed by atoms with Gasteiger partial charge in [-0.2, -0.15) is 0 Å². The van der Waals surface area contributed by atoms with Crippen LogP contribution in [0.4, 0.5) is 0 Å². The van der Waals surface area contributed by atoms with E-state index in [0.29, 0.717) is 0 Å². The number of hydrogen-bond donors (Lipinski definition) is 0. The van der Waals surface area contributed by atoms with Crippen LogP contribution in [0.1, 0.15) is 44.1 Å². The van der Waals surface area contributed by atoms with Gasteiger partial charge in [0.2, 0.25) is 0 Å². The third-order valence-electron chi connectivity index (χ3n) is 6.34. The lowest BCUT2D eigenvalue weighted by molar-refractivity contribution is 0.198. The molecule has 2 nitrogen and oxygen atoms in total. The summed E-state index contributed by atoms with van der Waals surface area (Å²) in [6.45, 7) is 7.63. The molecule has 4 rings (SSSR count). The molecule has 0 saturated carbocycles. The van der Waals surface area contributed by atoms with Gasteiger partial charge in [-0.1, -0.05) is 66.1 Å². The van der Waals surface area contributed by atoms with Crippen LogP contribution in [0.2, 0.25) is 5.02 Å². The highest BCUT2D eigenvalue weighted by Gasteiger charge is 2.15. The molecule has 3 heteroatoms. The molecule has 0 aromatic heterocycles. The molecule has 2 saturated heterocycles. The number of halogens is 1. The number of likely N-dealkylation sites (tertiary alicyclic amines) is 2. The first kappa shape index (κ1) is 20.7. The summed E-state index contributed by atoms with van der Waals surface area (Å²) in [5.74, 6) is 0. The van der Waals surface area contributed by atoms with Gasteiger partial charge in [0.15, 0.2) is 0 Å². The maximum atomic E-state index is 6.12. The van der Waals surface area contributed by atoms with Crippen molar-refractivity contribution in [2.45, 2.75) is 38.5 Å². The summed E-state index contributed by atoms with van der Waals surface area (Å²) in [5.41, 5.74) is 5.30. The first-order valence-corrected chi connectivity index (χ1v) is 11.6. The average molecular weight is 409 g/mol. The zero-order chi connectivity index (χ0) is 19.9. The quantitative estimate of drug-likeness (QED) is 0.548. The van der Waals surface area contributed by atoms with E-state index in [1.54, 1.807) is 5.57 Å². The van der Waals surface area contributed by atoms with Crippen molar-refractivity contribution in [3.05, 3.63) is 64.7 Å². The minimum Gasteiger partial charge on any atom is -0.303 e. The van der Waals surface area contributed by atoms with Crippen molar-refractivity contribution >= 4 is 17.7 Å². The number of piperidine rings is 2. The summed E-state index contributed by atoms with van der Waals surface area (Å²) in [6, 6.07) is 16.9. The zero-order valence-corrected chi connectivity index (χ0v) is 18.2. The fourth-order valence-corrected chi connectivity index (χ4v) is 4.77. The first-order valence-electron chi connectivity index (χ1n) is 11.3. The van der Waals surface area contributed by atoms with Gasteiger partial charge in [-0.05, 0) is 87.1 Å². The van der Waals surface area contributed by atoms with E-state index in [9.17, 15) is 0 Å². The third-order valence-corrected chi connectivity index (χ3v) is 6.57. The molecule has 2 aliphatic heterocycles. The maximum absolute atomic E-state index is 6.12. The molecule has 2 fully saturated rings. The van der Waals surface area contributed by atoms with E-state index in [1.165, 1.54) is 94.5 Å². The molecule has 2 aromatic carbocycles. The van der Waals surface area contributed by atoms with Crippen molar-refractivity contribution in [2.75, 3.05) is 39.3 Å². The minimum atomic E-state index is 0.788. The Morgan fingerprint density at radius 2 is 1.45 bits per heavy atom. The van der Waals surface area contributed by atoms with E-state index in [2.05, 4.69) is 46.2 Å². The van der Waals surface area contributed by atoms with Gasteiger partial charge >= 0.3 is 0 Å². The fraction of sp³-hybridized carbons (Fsp3) is 0.462. The number of nitrogens with zero attached hydrogens (tertiary/aromatic N) is 2. The van der Waals surface area contributed by atoms with Crippen molar-refractivity contribution in [1.29, 1.82) is 0 Å². The standard InChI is InChI=1S/C26H33ClN2/c27-26-7-4-6-25(21-26)24-10-8-22(9-11-24)20-23-12-18-29(19-13-23)17-5-16-28-14-2-1-3-15-28/h4,6-11,20-21H,1-3,5,12-19H2. The molecule has 0 bridgehead atoms. The Kier molecular flexibility index (Phi) is 7.43. The lowest BCUT2D eigenvalue weighted by Crippen LogP contribution is -2.35. The molecule has 0 aliphatic carbocycles. The highest BCUT2D eigenvalue weighted by molar-refractivity contribution is 6.30. The van der Waals surface area contributed by atoms with Crippen LogP contribution in [0.5, 0.6) is 0 Å². The Labute approximate surface area is 181 Å². The Morgan fingerprint density at radius 1 is 0.759 bits per heavy atom. The lowest BCUT2D eigenvalue weighted by atomic mass is 9.99. The molecular weight excluding hydrogens is 376 g/mol. The van der Waals surface area contributed by atoms with E-state index in [4.69, 9.17) is 11.6 Å². The van der Waals surface area contributed by atoms with Gasteiger partial charge < -0.3 is 9.80 Å². The van der Waals surface area contributed by atoms with Gasteiger partial charge in [0, 0.05) is 18.1 Å². The fourth-order valence-electron chi connectivity index (χ4n) is 4.58. The van der Waals surface area contributed by atoms with Crippen LogP contribution < -0.4 is 0 Å². The van der Waals surface area contributed by atoms with Crippen molar-refractivity contribution in [1.82, 2.24) is 9.80 Å². The van der Waals surface area contributed by atoms with Crippen molar-refractivity contribution in [3.63, 3.8) is 0 Å². The molecule has 2 aliphatic rings. The predicted octanol–water partition coefficient (Wildman–Crippen LogP) is 6.36. The molecule has 0 N–H and O–H groups in total. The van der Waals surface area contributed by atoms with E-state index >= 15 is 0 Å². The van der Waals surface area contributed by atoms with Crippen molar-refractivity contribution in [3.8, 4) is 11.1 Å². The first-order chi connectivity index (χ1) is 14.3. The van der Waals surface area contributed by atoms with Crippen LogP contribution in [0.25, 0.3) is 17.2 Å². The molecule has 0 atom stereocenters. The Bertz CT molecular complexity index is 796. The van der Waals surface area contributed by atoms with Gasteiger partial charge in [0.05, 0.1) is 0 Å². The van der Waals surface area contributed by atoms with Crippen molar-refractivity contribution in [2.24, 2.45) is 0 Å². The Balaban J connectivity index is 1.24. The number of benzene rings is 2. The van der Waals surface area contributed by atoms with Crippen LogP contribution in [-0.4, -0.2) is 49.1 Å². The van der Waals surface area contributed by atoms with E-state index in [-0.39, 0.29) is 0 Å². The second-order valence-corrected chi connectivity index (χ2v) is 8.97. The topological polar surface area (TPSA) is 6.48 Å². The monoisotopic (exact) mass is 408 g/mol. The van der Waals surface area contributed by atoms with Crippen LogP contribution in [-0.2, 0) is 0 Å². The van der Waals surface area contributed by atoms with Crippen molar-refractivity contribution < 1.29 is 0 Å². The van der Waals surface area contributed by atoms with Crippen LogP contribution in [0, 0.1) is 0 Å². The summed E-state index contributed by atoms with van der Waals surface area (Å²) in [6.07, 6.45) is 10.4. The minimum absolute atomic E-state index is 0.788. The van der Waals surface area contributed by atoms with E-state index in [1.807, 2.05) is 18.2 Å². The average Bonchev–Trinajstić information content (AvgIpc) is 2.76. The van der Waals surface area contributed by atoms with Crippen LogP contribution in [0.15, 0.2) is 54.1 Å². The highest BCUT2D eigenvalue weighted by Crippen LogP contribution is 2.25. The number of hydrogen-bond acceptors (Lipinski definition) is 2. The third kappa shape index (κ3) is 6.18. The lowest BCUT2D eigenvalue weighted by Gasteiger charge is -2.30. The summed E-state index contributed by atoms with van der Waals surface area (Å²) in [4.78, 5) is 5.31. The molecule has 0 amide bonds. The Morgan fingerprint density at radius 3 is 2.14 bits per heavy atom. The number of rotatable bonds is 6. The SMILES string of the molecule is Clc1cccc(-c2ccc(C=C3CCN(CCCN4CCCCC4)CC3)cc2)c1. The smallest absolute Gasteiger partial charge is 0.0412 e. The molecule has 2 aromatic rings. The summed E-state index contributed by atoms with van der Waals surface area (Å²) >= 11 is 6.12. The molecule has 0 spiro atoms. The molecule has 154 valence electrons. The highest BCUT2D eigenvalue weighted by atomic mass is 35.5. The summed E-state index contributed by atoms with van der Waals surface area (Å²) < 4.78 is 0. The van der Waals surface area contributed by atoms with Crippen LogP contribution in [0.3, 0.4) is 0 Å².